The Morgan fingerprint density at radius 2 is 1.83 bits per heavy atom. The van der Waals surface area contributed by atoms with Gasteiger partial charge in [-0.15, -0.1) is 0 Å². The molecule has 4 aromatic rings. The lowest BCUT2D eigenvalue weighted by molar-refractivity contribution is -0.384. The van der Waals surface area contributed by atoms with E-state index in [1.54, 1.807) is 75.6 Å². The molecule has 1 aliphatic heterocycles. The predicted octanol–water partition coefficient (Wildman–Crippen LogP) is 3.98. The van der Waals surface area contributed by atoms with Crippen LogP contribution in [0, 0.1) is 10.1 Å². The van der Waals surface area contributed by atoms with Crippen molar-refractivity contribution >= 4 is 29.1 Å². The largest absolute Gasteiger partial charge is 0.497 e. The number of esters is 1. The quantitative estimate of drug-likeness (QED) is 0.175. The number of carbonyl (C=O) groups excluding carboxylic acids is 1. The smallest absolute Gasteiger partial charge is 0.338 e. The van der Waals surface area contributed by atoms with Gasteiger partial charge in [-0.1, -0.05) is 23.5 Å². The van der Waals surface area contributed by atoms with E-state index in [1.165, 1.54) is 17.7 Å². The average molecular weight is 576 g/mol. The lowest BCUT2D eigenvalue weighted by atomic mass is 9.96. The number of hydrogen-bond acceptors (Lipinski definition) is 10. The van der Waals surface area contributed by atoms with E-state index < -0.39 is 16.9 Å². The normalized spacial score (nSPS) is 14.8. The molecule has 5 rings (SSSR count). The zero-order valence-electron chi connectivity index (χ0n) is 22.6. The van der Waals surface area contributed by atoms with Crippen LogP contribution in [-0.2, 0) is 9.53 Å². The van der Waals surface area contributed by atoms with Gasteiger partial charge in [0.1, 0.15) is 23.0 Å². The Labute approximate surface area is 237 Å². The number of allylic oxidation sites excluding steroid dienone is 1. The maximum Gasteiger partial charge on any atom is 0.338 e. The van der Waals surface area contributed by atoms with E-state index in [2.05, 4.69) is 4.99 Å². The average Bonchev–Trinajstić information content (AvgIpc) is 3.56. The van der Waals surface area contributed by atoms with Crippen molar-refractivity contribution in [1.82, 2.24) is 4.57 Å². The van der Waals surface area contributed by atoms with Gasteiger partial charge in [0.25, 0.3) is 11.2 Å². The third-order valence-electron chi connectivity index (χ3n) is 6.52. The van der Waals surface area contributed by atoms with Crippen molar-refractivity contribution in [3.05, 3.63) is 107 Å². The van der Waals surface area contributed by atoms with E-state index in [0.717, 1.165) is 11.3 Å². The summed E-state index contributed by atoms with van der Waals surface area (Å²) >= 11 is 1.14. The van der Waals surface area contributed by atoms with Crippen molar-refractivity contribution in [3.63, 3.8) is 0 Å². The van der Waals surface area contributed by atoms with E-state index in [-0.39, 0.29) is 34.8 Å². The van der Waals surface area contributed by atoms with Crippen LogP contribution in [0.3, 0.4) is 0 Å². The number of aromatic nitrogens is 1. The molecule has 3 heterocycles. The molecule has 0 aliphatic carbocycles. The lowest BCUT2D eigenvalue weighted by Crippen LogP contribution is -2.39. The van der Waals surface area contributed by atoms with Crippen molar-refractivity contribution in [2.45, 2.75) is 19.9 Å². The summed E-state index contributed by atoms with van der Waals surface area (Å²) < 4.78 is 23.4. The Kier molecular flexibility index (Phi) is 7.58. The van der Waals surface area contributed by atoms with E-state index in [4.69, 9.17) is 18.6 Å². The number of ether oxygens (including phenoxy) is 3. The second-order valence-electron chi connectivity index (χ2n) is 8.92. The zero-order valence-corrected chi connectivity index (χ0v) is 23.4. The summed E-state index contributed by atoms with van der Waals surface area (Å²) in [6.45, 7) is 3.59. The molecule has 0 saturated heterocycles. The first kappa shape index (κ1) is 27.6. The molecule has 2 aromatic heterocycles. The summed E-state index contributed by atoms with van der Waals surface area (Å²) in [4.78, 5) is 42.9. The minimum absolute atomic E-state index is 0.169. The molecule has 0 radical (unpaired) electrons. The standard InChI is InChI=1S/C29H25N3O8S/c1-5-39-28(34)25-16(2)30-29-31(26(25)17-6-8-18(37-3)9-7-17)27(33)24(41-29)15-20-11-13-23(40-20)21-12-10-19(38-4)14-22(21)32(35)36/h6-15,26H,5H2,1-4H3/b24-15-. The van der Waals surface area contributed by atoms with Crippen LogP contribution in [0.4, 0.5) is 5.69 Å². The number of rotatable bonds is 8. The first-order valence-electron chi connectivity index (χ1n) is 12.5. The topological polar surface area (TPSA) is 135 Å². The minimum Gasteiger partial charge on any atom is -0.497 e. The first-order chi connectivity index (χ1) is 19.7. The van der Waals surface area contributed by atoms with Crippen LogP contribution in [-0.4, -0.2) is 36.3 Å². The van der Waals surface area contributed by atoms with Crippen LogP contribution in [0.25, 0.3) is 17.4 Å². The number of benzene rings is 2. The van der Waals surface area contributed by atoms with Gasteiger partial charge in [0.05, 0.1) is 59.2 Å². The summed E-state index contributed by atoms with van der Waals surface area (Å²) in [5.74, 6) is 0.996. The van der Waals surface area contributed by atoms with Crippen LogP contribution in [0.2, 0.25) is 0 Å². The number of fused-ring (bicyclic) bond motifs is 1. The Bertz CT molecular complexity index is 1860. The molecule has 0 fully saturated rings. The van der Waals surface area contributed by atoms with Crippen molar-refractivity contribution in [3.8, 4) is 22.8 Å². The molecule has 0 saturated carbocycles. The predicted molar refractivity (Wildman–Crippen MR) is 151 cm³/mol. The molecule has 1 unspecified atom stereocenters. The second-order valence-corrected chi connectivity index (χ2v) is 9.93. The molecule has 41 heavy (non-hydrogen) atoms. The Morgan fingerprint density at radius 1 is 1.12 bits per heavy atom. The van der Waals surface area contributed by atoms with Gasteiger partial charge in [-0.3, -0.25) is 19.5 Å². The molecular formula is C29H25N3O8S. The van der Waals surface area contributed by atoms with Crippen molar-refractivity contribution in [2.75, 3.05) is 20.8 Å². The number of methoxy groups -OCH3 is 2. The van der Waals surface area contributed by atoms with E-state index >= 15 is 0 Å². The third kappa shape index (κ3) is 5.16. The monoisotopic (exact) mass is 575 g/mol. The number of nitrogens with zero attached hydrogens (tertiary/aromatic N) is 3. The van der Waals surface area contributed by atoms with Crippen molar-refractivity contribution < 1.29 is 28.3 Å². The maximum atomic E-state index is 13.8. The highest BCUT2D eigenvalue weighted by molar-refractivity contribution is 7.07. The molecule has 1 atom stereocenters. The van der Waals surface area contributed by atoms with Gasteiger partial charge in [-0.05, 0) is 55.8 Å². The minimum atomic E-state index is -0.771. The van der Waals surface area contributed by atoms with Crippen molar-refractivity contribution in [2.24, 2.45) is 4.99 Å². The highest BCUT2D eigenvalue weighted by Crippen LogP contribution is 2.35. The molecule has 210 valence electrons. The highest BCUT2D eigenvalue weighted by Gasteiger charge is 2.33. The summed E-state index contributed by atoms with van der Waals surface area (Å²) in [5.41, 5.74) is 1.12. The molecule has 0 N–H and O–H groups in total. The molecule has 11 nitrogen and oxygen atoms in total. The molecule has 2 aromatic carbocycles. The van der Waals surface area contributed by atoms with E-state index in [1.807, 2.05) is 0 Å². The SMILES string of the molecule is CCOC(=O)C1=C(C)N=c2s/c(=C\c3ccc(-c4ccc(OC)cc4[N+](=O)[O-])o3)c(=O)n2C1c1ccc(OC)cc1. The van der Waals surface area contributed by atoms with Gasteiger partial charge in [-0.2, -0.15) is 0 Å². The van der Waals surface area contributed by atoms with Gasteiger partial charge in [0, 0.05) is 6.08 Å². The van der Waals surface area contributed by atoms with Crippen LogP contribution in [0.15, 0.2) is 80.1 Å². The Morgan fingerprint density at radius 3 is 2.49 bits per heavy atom. The van der Waals surface area contributed by atoms with Gasteiger partial charge in [-0.25, -0.2) is 9.79 Å². The summed E-state index contributed by atoms with van der Waals surface area (Å²) in [6.07, 6.45) is 1.55. The Balaban J connectivity index is 1.62. The molecule has 12 heteroatoms. The Hall–Kier alpha value is -4.97. The van der Waals surface area contributed by atoms with Gasteiger partial charge < -0.3 is 18.6 Å². The zero-order chi connectivity index (χ0) is 29.3. The van der Waals surface area contributed by atoms with Crippen LogP contribution >= 0.6 is 11.3 Å². The van der Waals surface area contributed by atoms with Crippen LogP contribution in [0.1, 0.15) is 31.2 Å². The maximum absolute atomic E-state index is 13.8. The number of nitro benzene ring substituents is 1. The van der Waals surface area contributed by atoms with Gasteiger partial charge >= 0.3 is 5.97 Å². The molecule has 1 aliphatic rings. The number of furan rings is 1. The van der Waals surface area contributed by atoms with Crippen LogP contribution < -0.4 is 24.4 Å². The number of hydrogen-bond donors (Lipinski definition) is 0. The number of carbonyl (C=O) groups is 1. The first-order valence-corrected chi connectivity index (χ1v) is 13.3. The molecule has 0 bridgehead atoms. The van der Waals surface area contributed by atoms with E-state index in [0.29, 0.717) is 37.9 Å². The van der Waals surface area contributed by atoms with Crippen LogP contribution in [0.5, 0.6) is 11.5 Å². The van der Waals surface area contributed by atoms with Gasteiger partial charge in [0.2, 0.25) is 0 Å². The molecular weight excluding hydrogens is 550 g/mol. The fraction of sp³-hybridized carbons (Fsp3) is 0.207. The highest BCUT2D eigenvalue weighted by atomic mass is 32.1. The van der Waals surface area contributed by atoms with Gasteiger partial charge in [0.15, 0.2) is 4.80 Å². The summed E-state index contributed by atoms with van der Waals surface area (Å²) in [7, 11) is 2.98. The second kappa shape index (κ2) is 11.3. The van der Waals surface area contributed by atoms with Crippen molar-refractivity contribution in [1.29, 1.82) is 0 Å². The third-order valence-corrected chi connectivity index (χ3v) is 7.50. The summed E-state index contributed by atoms with van der Waals surface area (Å²) in [6, 6.07) is 14.0. The van der Waals surface area contributed by atoms with E-state index in [9.17, 15) is 19.7 Å². The molecule has 0 spiro atoms. The fourth-order valence-corrected chi connectivity index (χ4v) is 5.62. The summed E-state index contributed by atoms with van der Waals surface area (Å²) in [5, 5.41) is 11.6. The number of thiazole rings is 1. The fourth-order valence-electron chi connectivity index (χ4n) is 4.60. The number of nitro groups is 1. The lowest BCUT2D eigenvalue weighted by Gasteiger charge is -2.24. The molecule has 0 amide bonds.